The number of rotatable bonds is 1. The normalized spacial score (nSPS) is 18.1. The average Bonchev–Trinajstić information content (AvgIpc) is 2.69. The fraction of sp³-hybridized carbons (Fsp3) is 0.462. The van der Waals surface area contributed by atoms with Crippen LogP contribution >= 0.6 is 0 Å². The highest BCUT2D eigenvalue weighted by Crippen LogP contribution is 2.27. The number of aromatic nitrogens is 2. The standard InChI is InChI=1S/C13H17N3/c1-10-13(11-5-7-14-8-6-11)15-12-4-2-3-9-16(10)12/h2-4,9,11,14H,5-8H2,1H3. The number of fused-ring (bicyclic) bond motifs is 1. The predicted molar refractivity (Wildman–Crippen MR) is 64.8 cm³/mol. The van der Waals surface area contributed by atoms with Crippen LogP contribution < -0.4 is 5.32 Å². The van der Waals surface area contributed by atoms with Crippen molar-refractivity contribution in [2.45, 2.75) is 25.7 Å². The molecule has 0 bridgehead atoms. The summed E-state index contributed by atoms with van der Waals surface area (Å²) >= 11 is 0. The Hall–Kier alpha value is -1.35. The highest BCUT2D eigenvalue weighted by molar-refractivity contribution is 5.43. The Morgan fingerprint density at radius 3 is 2.88 bits per heavy atom. The highest BCUT2D eigenvalue weighted by atomic mass is 15.0. The molecule has 0 radical (unpaired) electrons. The fourth-order valence-electron chi connectivity index (χ4n) is 2.62. The van der Waals surface area contributed by atoms with Gasteiger partial charge in [-0.25, -0.2) is 4.98 Å². The van der Waals surface area contributed by atoms with Crippen LogP contribution in [0.5, 0.6) is 0 Å². The first kappa shape index (κ1) is 9.85. The van der Waals surface area contributed by atoms with Gasteiger partial charge in [-0.05, 0) is 45.0 Å². The summed E-state index contributed by atoms with van der Waals surface area (Å²) in [4.78, 5) is 4.77. The zero-order valence-corrected chi connectivity index (χ0v) is 9.61. The van der Waals surface area contributed by atoms with Crippen molar-refractivity contribution >= 4 is 5.65 Å². The summed E-state index contributed by atoms with van der Waals surface area (Å²) < 4.78 is 2.19. The molecule has 1 fully saturated rings. The molecule has 0 aromatic carbocycles. The highest BCUT2D eigenvalue weighted by Gasteiger charge is 2.20. The van der Waals surface area contributed by atoms with Crippen molar-refractivity contribution in [1.82, 2.24) is 14.7 Å². The molecule has 0 aliphatic carbocycles. The molecule has 3 heterocycles. The van der Waals surface area contributed by atoms with Crippen molar-refractivity contribution in [2.75, 3.05) is 13.1 Å². The lowest BCUT2D eigenvalue weighted by Gasteiger charge is -2.21. The summed E-state index contributed by atoms with van der Waals surface area (Å²) in [6.07, 6.45) is 4.53. The molecular weight excluding hydrogens is 198 g/mol. The van der Waals surface area contributed by atoms with Crippen molar-refractivity contribution < 1.29 is 0 Å². The number of nitrogens with zero attached hydrogens (tertiary/aromatic N) is 2. The lowest BCUT2D eigenvalue weighted by molar-refractivity contribution is 0.453. The topological polar surface area (TPSA) is 29.3 Å². The molecule has 1 saturated heterocycles. The van der Waals surface area contributed by atoms with Gasteiger partial charge in [0.1, 0.15) is 5.65 Å². The van der Waals surface area contributed by atoms with Crippen molar-refractivity contribution in [2.24, 2.45) is 0 Å². The molecule has 1 N–H and O–H groups in total. The maximum atomic E-state index is 4.77. The van der Waals surface area contributed by atoms with Crippen LogP contribution in [0.25, 0.3) is 5.65 Å². The van der Waals surface area contributed by atoms with E-state index in [0.29, 0.717) is 5.92 Å². The molecule has 2 aromatic rings. The summed E-state index contributed by atoms with van der Waals surface area (Å²) in [5.74, 6) is 0.640. The first-order valence-corrected chi connectivity index (χ1v) is 6.00. The Morgan fingerprint density at radius 1 is 1.31 bits per heavy atom. The monoisotopic (exact) mass is 215 g/mol. The van der Waals surface area contributed by atoms with E-state index in [1.54, 1.807) is 0 Å². The second-order valence-electron chi connectivity index (χ2n) is 4.54. The fourth-order valence-corrected chi connectivity index (χ4v) is 2.62. The van der Waals surface area contributed by atoms with E-state index in [-0.39, 0.29) is 0 Å². The van der Waals surface area contributed by atoms with Gasteiger partial charge in [0.05, 0.1) is 5.69 Å². The molecule has 1 aliphatic heterocycles. The zero-order chi connectivity index (χ0) is 11.0. The molecule has 2 aromatic heterocycles. The van der Waals surface area contributed by atoms with Gasteiger partial charge < -0.3 is 9.72 Å². The first-order chi connectivity index (χ1) is 7.86. The number of imidazole rings is 1. The number of aryl methyl sites for hydroxylation is 1. The number of pyridine rings is 1. The molecule has 0 atom stereocenters. The third-order valence-corrected chi connectivity index (χ3v) is 3.53. The Kier molecular flexibility index (Phi) is 2.40. The number of piperidine rings is 1. The Bertz CT molecular complexity index is 495. The van der Waals surface area contributed by atoms with E-state index < -0.39 is 0 Å². The van der Waals surface area contributed by atoms with Crippen LogP contribution in [-0.2, 0) is 0 Å². The van der Waals surface area contributed by atoms with Gasteiger partial charge in [-0.1, -0.05) is 6.07 Å². The molecule has 1 aliphatic rings. The number of hydrogen-bond acceptors (Lipinski definition) is 2. The van der Waals surface area contributed by atoms with E-state index in [2.05, 4.69) is 35.0 Å². The van der Waals surface area contributed by atoms with E-state index in [1.165, 1.54) is 24.2 Å². The third kappa shape index (κ3) is 1.52. The van der Waals surface area contributed by atoms with Crippen molar-refractivity contribution in [1.29, 1.82) is 0 Å². The number of nitrogens with one attached hydrogen (secondary N) is 1. The van der Waals surface area contributed by atoms with Crippen molar-refractivity contribution in [3.8, 4) is 0 Å². The maximum absolute atomic E-state index is 4.77. The Balaban J connectivity index is 2.05. The molecule has 0 spiro atoms. The molecular formula is C13H17N3. The average molecular weight is 215 g/mol. The van der Waals surface area contributed by atoms with Crippen LogP contribution in [0.2, 0.25) is 0 Å². The Morgan fingerprint density at radius 2 is 2.12 bits per heavy atom. The van der Waals surface area contributed by atoms with E-state index in [0.717, 1.165) is 18.7 Å². The van der Waals surface area contributed by atoms with Gasteiger partial charge in [0, 0.05) is 17.8 Å². The Labute approximate surface area is 95.5 Å². The summed E-state index contributed by atoms with van der Waals surface area (Å²) in [6.45, 7) is 4.42. The molecule has 3 rings (SSSR count). The lowest BCUT2D eigenvalue weighted by Crippen LogP contribution is -2.27. The summed E-state index contributed by atoms with van der Waals surface area (Å²) in [6, 6.07) is 6.19. The van der Waals surface area contributed by atoms with Gasteiger partial charge >= 0.3 is 0 Å². The molecule has 0 saturated carbocycles. The van der Waals surface area contributed by atoms with Crippen molar-refractivity contribution in [3.63, 3.8) is 0 Å². The molecule has 16 heavy (non-hydrogen) atoms. The van der Waals surface area contributed by atoms with Gasteiger partial charge in [-0.15, -0.1) is 0 Å². The lowest BCUT2D eigenvalue weighted by atomic mass is 9.94. The van der Waals surface area contributed by atoms with E-state index in [4.69, 9.17) is 4.98 Å². The molecule has 0 amide bonds. The van der Waals surface area contributed by atoms with Gasteiger partial charge in [0.25, 0.3) is 0 Å². The summed E-state index contributed by atoms with van der Waals surface area (Å²) in [7, 11) is 0. The maximum Gasteiger partial charge on any atom is 0.137 e. The van der Waals surface area contributed by atoms with E-state index in [1.807, 2.05) is 6.07 Å². The minimum absolute atomic E-state index is 0.640. The third-order valence-electron chi connectivity index (χ3n) is 3.53. The van der Waals surface area contributed by atoms with Crippen LogP contribution in [0.15, 0.2) is 24.4 Å². The minimum atomic E-state index is 0.640. The van der Waals surface area contributed by atoms with Gasteiger partial charge in [0.2, 0.25) is 0 Å². The second-order valence-corrected chi connectivity index (χ2v) is 4.54. The van der Waals surface area contributed by atoms with Gasteiger partial charge in [-0.3, -0.25) is 0 Å². The smallest absolute Gasteiger partial charge is 0.137 e. The minimum Gasteiger partial charge on any atom is -0.317 e. The molecule has 3 heteroatoms. The predicted octanol–water partition coefficient (Wildman–Crippen LogP) is 2.11. The van der Waals surface area contributed by atoms with E-state index in [9.17, 15) is 0 Å². The summed E-state index contributed by atoms with van der Waals surface area (Å²) in [5.41, 5.74) is 3.68. The van der Waals surface area contributed by atoms with Crippen LogP contribution in [0.4, 0.5) is 0 Å². The summed E-state index contributed by atoms with van der Waals surface area (Å²) in [5, 5.41) is 3.40. The van der Waals surface area contributed by atoms with Crippen molar-refractivity contribution in [3.05, 3.63) is 35.8 Å². The zero-order valence-electron chi connectivity index (χ0n) is 9.61. The number of hydrogen-bond donors (Lipinski definition) is 1. The van der Waals surface area contributed by atoms with Crippen LogP contribution in [0, 0.1) is 6.92 Å². The second kappa shape index (κ2) is 3.91. The van der Waals surface area contributed by atoms with E-state index >= 15 is 0 Å². The quantitative estimate of drug-likeness (QED) is 0.789. The first-order valence-electron chi connectivity index (χ1n) is 6.00. The molecule has 3 nitrogen and oxygen atoms in total. The van der Waals surface area contributed by atoms with Gasteiger partial charge in [0.15, 0.2) is 0 Å². The van der Waals surface area contributed by atoms with Crippen LogP contribution in [0.1, 0.15) is 30.1 Å². The van der Waals surface area contributed by atoms with Crippen LogP contribution in [-0.4, -0.2) is 22.5 Å². The molecule has 0 unspecified atom stereocenters. The van der Waals surface area contributed by atoms with Crippen LogP contribution in [0.3, 0.4) is 0 Å². The largest absolute Gasteiger partial charge is 0.317 e. The SMILES string of the molecule is Cc1c(C2CCNCC2)nc2ccccn12. The molecule has 84 valence electrons. The van der Waals surface area contributed by atoms with Gasteiger partial charge in [-0.2, -0.15) is 0 Å².